The molecule has 1 aromatic heterocycles. The van der Waals surface area contributed by atoms with Gasteiger partial charge in [-0.3, -0.25) is 9.59 Å². The van der Waals surface area contributed by atoms with Crippen molar-refractivity contribution in [3.8, 4) is 0 Å². The van der Waals surface area contributed by atoms with Crippen LogP contribution in [0, 0.1) is 5.92 Å². The predicted octanol–water partition coefficient (Wildman–Crippen LogP) is 4.70. The lowest BCUT2D eigenvalue weighted by Gasteiger charge is -2.29. The van der Waals surface area contributed by atoms with Crippen molar-refractivity contribution in [2.24, 2.45) is 5.92 Å². The van der Waals surface area contributed by atoms with E-state index in [1.165, 1.54) is 10.9 Å². The van der Waals surface area contributed by atoms with Gasteiger partial charge in [0.25, 0.3) is 0 Å². The predicted molar refractivity (Wildman–Crippen MR) is 140 cm³/mol. The highest BCUT2D eigenvalue weighted by Crippen LogP contribution is 2.20. The van der Waals surface area contributed by atoms with Crippen molar-refractivity contribution in [2.75, 3.05) is 38.6 Å². The van der Waals surface area contributed by atoms with E-state index in [0.29, 0.717) is 32.0 Å². The molecule has 0 radical (unpaired) electrons. The zero-order valence-electron chi connectivity index (χ0n) is 21.2. The van der Waals surface area contributed by atoms with Gasteiger partial charge in [0, 0.05) is 62.9 Å². The fourth-order valence-electron chi connectivity index (χ4n) is 4.19. The van der Waals surface area contributed by atoms with Crippen molar-refractivity contribution in [3.63, 3.8) is 0 Å². The monoisotopic (exact) mass is 462 g/mol. The van der Waals surface area contributed by atoms with E-state index < -0.39 is 0 Å². The summed E-state index contributed by atoms with van der Waals surface area (Å²) < 4.78 is 0. The highest BCUT2D eigenvalue weighted by molar-refractivity contribution is 5.85. The normalized spacial score (nSPS) is 11.1. The van der Waals surface area contributed by atoms with E-state index in [2.05, 4.69) is 60.1 Å². The summed E-state index contributed by atoms with van der Waals surface area (Å²) in [6, 6.07) is 16.5. The van der Waals surface area contributed by atoms with Gasteiger partial charge in [-0.25, -0.2) is 0 Å². The van der Waals surface area contributed by atoms with Crippen LogP contribution in [-0.2, 0) is 22.6 Å². The number of carbonyl (C=O) groups is 2. The molecule has 0 atom stereocenters. The molecule has 6 heteroatoms. The Labute approximate surface area is 203 Å². The first-order chi connectivity index (χ1) is 16.3. The van der Waals surface area contributed by atoms with Gasteiger partial charge in [0.2, 0.25) is 11.8 Å². The summed E-state index contributed by atoms with van der Waals surface area (Å²) in [5, 5.41) is 1.19. The first-order valence-electron chi connectivity index (χ1n) is 12.1. The number of hydrogen-bond acceptors (Lipinski definition) is 3. The van der Waals surface area contributed by atoms with Crippen LogP contribution in [0.2, 0.25) is 0 Å². The molecule has 0 spiro atoms. The molecule has 0 saturated heterocycles. The standard InChI is InChI=1S/C28H38N4O2/c1-6-27(33)32(18-21(2)3)20-28(34)31(19-22-11-13-24(14-12-22)30(4)5)16-15-23-17-29-26-10-8-7-9-25(23)26/h7-14,17,21,29H,6,15-16,18-20H2,1-5H3. The average molecular weight is 463 g/mol. The third-order valence-corrected chi connectivity index (χ3v) is 6.07. The second-order valence-electron chi connectivity index (χ2n) is 9.51. The molecule has 1 heterocycles. The minimum Gasteiger partial charge on any atom is -0.378 e. The number of anilines is 1. The maximum Gasteiger partial charge on any atom is 0.242 e. The van der Waals surface area contributed by atoms with Crippen LogP contribution in [0.4, 0.5) is 5.69 Å². The van der Waals surface area contributed by atoms with Gasteiger partial charge in [0.1, 0.15) is 0 Å². The van der Waals surface area contributed by atoms with Gasteiger partial charge < -0.3 is 19.7 Å². The Morgan fingerprint density at radius 3 is 2.29 bits per heavy atom. The summed E-state index contributed by atoms with van der Waals surface area (Å²) in [7, 11) is 4.03. The van der Waals surface area contributed by atoms with Crippen molar-refractivity contribution < 1.29 is 9.59 Å². The first-order valence-corrected chi connectivity index (χ1v) is 12.1. The van der Waals surface area contributed by atoms with E-state index in [1.807, 2.05) is 44.2 Å². The van der Waals surface area contributed by atoms with Crippen molar-refractivity contribution in [3.05, 3.63) is 65.9 Å². The number of amides is 2. The molecule has 2 aromatic carbocycles. The molecule has 0 bridgehead atoms. The van der Waals surface area contributed by atoms with Crippen LogP contribution in [0.5, 0.6) is 0 Å². The summed E-state index contributed by atoms with van der Waals surface area (Å²) in [4.78, 5) is 35.0. The smallest absolute Gasteiger partial charge is 0.242 e. The number of carbonyl (C=O) groups excluding carboxylic acids is 2. The zero-order chi connectivity index (χ0) is 24.7. The van der Waals surface area contributed by atoms with Crippen LogP contribution in [0.15, 0.2) is 54.7 Å². The third kappa shape index (κ3) is 6.62. The second-order valence-corrected chi connectivity index (χ2v) is 9.51. The summed E-state index contributed by atoms with van der Waals surface area (Å²) >= 11 is 0. The number of aromatic amines is 1. The molecule has 182 valence electrons. The molecule has 0 aliphatic carbocycles. The Balaban J connectivity index is 1.79. The van der Waals surface area contributed by atoms with Crippen LogP contribution in [0.1, 0.15) is 38.3 Å². The van der Waals surface area contributed by atoms with Gasteiger partial charge in [-0.2, -0.15) is 0 Å². The Morgan fingerprint density at radius 2 is 1.65 bits per heavy atom. The van der Waals surface area contributed by atoms with Crippen molar-refractivity contribution in [1.29, 1.82) is 0 Å². The van der Waals surface area contributed by atoms with E-state index in [4.69, 9.17) is 0 Å². The zero-order valence-corrected chi connectivity index (χ0v) is 21.2. The van der Waals surface area contributed by atoms with Gasteiger partial charge >= 0.3 is 0 Å². The van der Waals surface area contributed by atoms with Crippen molar-refractivity contribution >= 4 is 28.4 Å². The number of H-pyrrole nitrogens is 1. The minimum absolute atomic E-state index is 0.0148. The number of aromatic nitrogens is 1. The van der Waals surface area contributed by atoms with Crippen molar-refractivity contribution in [2.45, 2.75) is 40.2 Å². The SMILES string of the molecule is CCC(=O)N(CC(=O)N(CCc1c[nH]c2ccccc12)Cc1ccc(N(C)C)cc1)CC(C)C. The molecule has 0 fully saturated rings. The van der Waals surface area contributed by atoms with Crippen LogP contribution in [0.3, 0.4) is 0 Å². The lowest BCUT2D eigenvalue weighted by atomic mass is 10.1. The molecule has 3 rings (SSSR count). The first kappa shape index (κ1) is 25.3. The molecule has 34 heavy (non-hydrogen) atoms. The highest BCUT2D eigenvalue weighted by atomic mass is 16.2. The summed E-state index contributed by atoms with van der Waals surface area (Å²) in [5.41, 5.74) is 4.50. The Kier molecular flexibility index (Phi) is 8.74. The van der Waals surface area contributed by atoms with Gasteiger partial charge in [0.15, 0.2) is 0 Å². The maximum atomic E-state index is 13.5. The van der Waals surface area contributed by atoms with Crippen molar-refractivity contribution in [1.82, 2.24) is 14.8 Å². The maximum absolute atomic E-state index is 13.5. The minimum atomic E-state index is -0.0148. The summed E-state index contributed by atoms with van der Waals surface area (Å²) in [6.07, 6.45) is 3.18. The second kappa shape index (κ2) is 11.7. The van der Waals surface area contributed by atoms with E-state index in [-0.39, 0.29) is 18.4 Å². The quantitative estimate of drug-likeness (QED) is 0.449. The molecule has 6 nitrogen and oxygen atoms in total. The van der Waals surface area contributed by atoms with Crippen LogP contribution < -0.4 is 4.90 Å². The largest absolute Gasteiger partial charge is 0.378 e. The number of nitrogens with zero attached hydrogens (tertiary/aromatic N) is 3. The number of benzene rings is 2. The Hall–Kier alpha value is -3.28. The number of rotatable bonds is 11. The molecule has 0 aliphatic rings. The average Bonchev–Trinajstić information content (AvgIpc) is 3.23. The fourth-order valence-corrected chi connectivity index (χ4v) is 4.19. The fraction of sp³-hybridized carbons (Fsp3) is 0.429. The molecule has 1 N–H and O–H groups in total. The third-order valence-electron chi connectivity index (χ3n) is 6.07. The molecule has 0 unspecified atom stereocenters. The number of fused-ring (bicyclic) bond motifs is 1. The van der Waals surface area contributed by atoms with E-state index >= 15 is 0 Å². The molecule has 3 aromatic rings. The van der Waals surface area contributed by atoms with Gasteiger partial charge in [-0.15, -0.1) is 0 Å². The van der Waals surface area contributed by atoms with Gasteiger partial charge in [-0.1, -0.05) is 51.1 Å². The number of para-hydroxylation sites is 1. The Bertz CT molecular complexity index is 1090. The molecule has 0 aliphatic heterocycles. The van der Waals surface area contributed by atoms with Crippen LogP contribution in [-0.4, -0.2) is 60.3 Å². The Morgan fingerprint density at radius 1 is 0.941 bits per heavy atom. The molecular formula is C28H38N4O2. The van der Waals surface area contributed by atoms with Gasteiger partial charge in [0.05, 0.1) is 6.54 Å². The van der Waals surface area contributed by atoms with E-state index in [0.717, 1.165) is 23.2 Å². The van der Waals surface area contributed by atoms with Crippen LogP contribution in [0.25, 0.3) is 10.9 Å². The number of nitrogens with one attached hydrogen (secondary N) is 1. The summed E-state index contributed by atoms with van der Waals surface area (Å²) in [6.45, 7) is 7.81. The summed E-state index contributed by atoms with van der Waals surface area (Å²) in [5.74, 6) is 0.314. The van der Waals surface area contributed by atoms with E-state index in [9.17, 15) is 9.59 Å². The number of hydrogen-bond donors (Lipinski definition) is 1. The van der Waals surface area contributed by atoms with E-state index in [1.54, 1.807) is 4.90 Å². The lowest BCUT2D eigenvalue weighted by Crippen LogP contribution is -2.44. The highest BCUT2D eigenvalue weighted by Gasteiger charge is 2.22. The van der Waals surface area contributed by atoms with Gasteiger partial charge in [-0.05, 0) is 41.7 Å². The lowest BCUT2D eigenvalue weighted by molar-refractivity contribution is -0.141. The van der Waals surface area contributed by atoms with Crippen LogP contribution >= 0.6 is 0 Å². The topological polar surface area (TPSA) is 59.7 Å². The molecule has 2 amide bonds. The molecule has 0 saturated carbocycles. The molecular weight excluding hydrogens is 424 g/mol.